The molecule has 1 aromatic rings. The lowest BCUT2D eigenvalue weighted by molar-refractivity contribution is -0.143. The van der Waals surface area contributed by atoms with Crippen molar-refractivity contribution in [3.05, 3.63) is 34.9 Å². The number of hydrogen-bond acceptors (Lipinski definition) is 3. The SMILES string of the molecule is O=C(O)C1CCN(C(=O)C2(c3ccccc3Cl)CCOCC2)C1. The average Bonchev–Trinajstić information content (AvgIpc) is 3.05. The number of benzene rings is 1. The van der Waals surface area contributed by atoms with E-state index in [1.54, 1.807) is 11.0 Å². The van der Waals surface area contributed by atoms with Crippen LogP contribution in [-0.2, 0) is 19.7 Å². The highest BCUT2D eigenvalue weighted by Crippen LogP contribution is 2.41. The second kappa shape index (κ2) is 6.49. The van der Waals surface area contributed by atoms with Gasteiger partial charge in [0.05, 0.1) is 11.3 Å². The summed E-state index contributed by atoms with van der Waals surface area (Å²) in [5.41, 5.74) is 0.123. The van der Waals surface area contributed by atoms with Gasteiger partial charge in [-0.05, 0) is 30.9 Å². The van der Waals surface area contributed by atoms with Crippen LogP contribution in [0.4, 0.5) is 0 Å². The summed E-state index contributed by atoms with van der Waals surface area (Å²) < 4.78 is 5.45. The molecule has 2 saturated heterocycles. The van der Waals surface area contributed by atoms with Gasteiger partial charge < -0.3 is 14.7 Å². The van der Waals surface area contributed by atoms with Gasteiger partial charge in [0.1, 0.15) is 0 Å². The van der Waals surface area contributed by atoms with Crippen LogP contribution in [-0.4, -0.2) is 48.2 Å². The van der Waals surface area contributed by atoms with Gasteiger partial charge in [-0.3, -0.25) is 9.59 Å². The predicted octanol–water partition coefficient (Wildman–Crippen LogP) is 2.32. The summed E-state index contributed by atoms with van der Waals surface area (Å²) in [6.07, 6.45) is 1.66. The lowest BCUT2D eigenvalue weighted by Gasteiger charge is -2.39. The van der Waals surface area contributed by atoms with Crippen LogP contribution in [0, 0.1) is 5.92 Å². The normalized spacial score (nSPS) is 23.7. The maximum absolute atomic E-state index is 13.3. The molecule has 1 N–H and O–H groups in total. The number of nitrogens with zero attached hydrogens (tertiary/aromatic N) is 1. The molecule has 0 saturated carbocycles. The van der Waals surface area contributed by atoms with Gasteiger partial charge in [0.25, 0.3) is 0 Å². The fourth-order valence-electron chi connectivity index (χ4n) is 3.62. The maximum Gasteiger partial charge on any atom is 0.308 e. The number of carbonyl (C=O) groups excluding carboxylic acids is 1. The molecule has 0 spiro atoms. The number of hydrogen-bond donors (Lipinski definition) is 1. The Balaban J connectivity index is 1.92. The molecular formula is C17H20ClNO4. The molecule has 1 amide bonds. The van der Waals surface area contributed by atoms with Crippen molar-refractivity contribution in [1.82, 2.24) is 4.90 Å². The van der Waals surface area contributed by atoms with E-state index in [2.05, 4.69) is 0 Å². The second-order valence-corrected chi connectivity index (χ2v) is 6.66. The Kier molecular flexibility index (Phi) is 4.60. The van der Waals surface area contributed by atoms with Crippen molar-refractivity contribution in [3.63, 3.8) is 0 Å². The van der Waals surface area contributed by atoms with Gasteiger partial charge in [-0.15, -0.1) is 0 Å². The molecule has 2 aliphatic heterocycles. The Labute approximate surface area is 140 Å². The number of aliphatic carboxylic acids is 1. The molecule has 5 nitrogen and oxygen atoms in total. The van der Waals surface area contributed by atoms with E-state index in [1.165, 1.54) is 0 Å². The minimum Gasteiger partial charge on any atom is -0.481 e. The Morgan fingerprint density at radius 1 is 1.26 bits per heavy atom. The number of ether oxygens (including phenoxy) is 1. The average molecular weight is 338 g/mol. The zero-order chi connectivity index (χ0) is 16.4. The number of carboxylic acid groups (broad SMARTS) is 1. The van der Waals surface area contributed by atoms with Crippen molar-refractivity contribution in [3.8, 4) is 0 Å². The molecule has 1 atom stereocenters. The number of carboxylic acids is 1. The third kappa shape index (κ3) is 2.95. The minimum atomic E-state index is -0.834. The topological polar surface area (TPSA) is 66.8 Å². The first-order chi connectivity index (χ1) is 11.0. The number of likely N-dealkylation sites (tertiary alicyclic amines) is 1. The fourth-order valence-corrected chi connectivity index (χ4v) is 3.93. The fraction of sp³-hybridized carbons (Fsp3) is 0.529. The Morgan fingerprint density at radius 3 is 2.57 bits per heavy atom. The summed E-state index contributed by atoms with van der Waals surface area (Å²) in [5.74, 6) is -1.32. The van der Waals surface area contributed by atoms with Crippen molar-refractivity contribution in [2.75, 3.05) is 26.3 Å². The minimum absolute atomic E-state index is 0.0161. The van der Waals surface area contributed by atoms with E-state index in [4.69, 9.17) is 21.4 Å². The van der Waals surface area contributed by atoms with Crippen LogP contribution in [0.3, 0.4) is 0 Å². The van der Waals surface area contributed by atoms with Crippen LogP contribution < -0.4 is 0 Å². The van der Waals surface area contributed by atoms with E-state index in [9.17, 15) is 9.59 Å². The molecule has 1 unspecified atom stereocenters. The van der Waals surface area contributed by atoms with Crippen molar-refractivity contribution < 1.29 is 19.4 Å². The molecule has 23 heavy (non-hydrogen) atoms. The first kappa shape index (κ1) is 16.3. The molecule has 2 heterocycles. The zero-order valence-electron chi connectivity index (χ0n) is 12.8. The monoisotopic (exact) mass is 337 g/mol. The molecule has 1 aromatic carbocycles. The van der Waals surface area contributed by atoms with E-state index in [1.807, 2.05) is 18.2 Å². The van der Waals surface area contributed by atoms with E-state index >= 15 is 0 Å². The summed E-state index contributed by atoms with van der Waals surface area (Å²) in [6.45, 7) is 1.78. The van der Waals surface area contributed by atoms with E-state index < -0.39 is 17.3 Å². The summed E-state index contributed by atoms with van der Waals surface area (Å²) in [4.78, 5) is 26.1. The van der Waals surface area contributed by atoms with E-state index in [0.29, 0.717) is 44.0 Å². The molecule has 0 radical (unpaired) electrons. The summed E-state index contributed by atoms with van der Waals surface area (Å²) in [6, 6.07) is 7.43. The maximum atomic E-state index is 13.3. The smallest absolute Gasteiger partial charge is 0.308 e. The summed E-state index contributed by atoms with van der Waals surface area (Å²) in [7, 11) is 0. The quantitative estimate of drug-likeness (QED) is 0.919. The van der Waals surface area contributed by atoms with Gasteiger partial charge in [-0.1, -0.05) is 29.8 Å². The molecule has 3 rings (SSSR count). The van der Waals surface area contributed by atoms with Gasteiger partial charge in [-0.2, -0.15) is 0 Å². The molecule has 2 fully saturated rings. The molecule has 0 bridgehead atoms. The van der Waals surface area contributed by atoms with Crippen LogP contribution in [0.5, 0.6) is 0 Å². The van der Waals surface area contributed by atoms with Crippen LogP contribution in [0.1, 0.15) is 24.8 Å². The highest BCUT2D eigenvalue weighted by molar-refractivity contribution is 6.31. The van der Waals surface area contributed by atoms with Gasteiger partial charge in [0.15, 0.2) is 0 Å². The largest absolute Gasteiger partial charge is 0.481 e. The van der Waals surface area contributed by atoms with E-state index in [0.717, 1.165) is 5.56 Å². The summed E-state index contributed by atoms with van der Waals surface area (Å²) >= 11 is 6.37. The highest BCUT2D eigenvalue weighted by Gasteiger charge is 2.47. The van der Waals surface area contributed by atoms with Crippen molar-refractivity contribution >= 4 is 23.5 Å². The predicted molar refractivity (Wildman–Crippen MR) is 85.5 cm³/mol. The van der Waals surface area contributed by atoms with Crippen LogP contribution in [0.2, 0.25) is 5.02 Å². The van der Waals surface area contributed by atoms with Crippen LogP contribution >= 0.6 is 11.6 Å². The molecule has 0 aromatic heterocycles. The Bertz CT molecular complexity index is 612. The third-order valence-electron chi connectivity index (χ3n) is 4.97. The lowest BCUT2D eigenvalue weighted by Crippen LogP contribution is -2.49. The second-order valence-electron chi connectivity index (χ2n) is 6.25. The van der Waals surface area contributed by atoms with Gasteiger partial charge in [0.2, 0.25) is 5.91 Å². The number of halogens is 1. The molecule has 0 aliphatic carbocycles. The van der Waals surface area contributed by atoms with Crippen molar-refractivity contribution in [1.29, 1.82) is 0 Å². The molecular weight excluding hydrogens is 318 g/mol. The lowest BCUT2D eigenvalue weighted by atomic mass is 9.73. The number of carbonyl (C=O) groups is 2. The highest BCUT2D eigenvalue weighted by atomic mass is 35.5. The Morgan fingerprint density at radius 2 is 1.96 bits per heavy atom. The van der Waals surface area contributed by atoms with Crippen molar-refractivity contribution in [2.45, 2.75) is 24.7 Å². The first-order valence-electron chi connectivity index (χ1n) is 7.89. The van der Waals surface area contributed by atoms with Gasteiger partial charge >= 0.3 is 5.97 Å². The van der Waals surface area contributed by atoms with Crippen LogP contribution in [0.15, 0.2) is 24.3 Å². The summed E-state index contributed by atoms with van der Waals surface area (Å²) in [5, 5.41) is 9.75. The molecule has 2 aliphatic rings. The molecule has 124 valence electrons. The number of amides is 1. The Hall–Kier alpha value is -1.59. The standard InChI is InChI=1S/C17H20ClNO4/c18-14-4-2-1-3-13(14)17(6-9-23-10-7-17)16(22)19-8-5-12(11-19)15(20)21/h1-4,12H,5-11H2,(H,20,21). The zero-order valence-corrected chi connectivity index (χ0v) is 13.6. The van der Waals surface area contributed by atoms with Crippen molar-refractivity contribution in [2.24, 2.45) is 5.92 Å². The van der Waals surface area contributed by atoms with Gasteiger partial charge in [-0.25, -0.2) is 0 Å². The van der Waals surface area contributed by atoms with Crippen LogP contribution in [0.25, 0.3) is 0 Å². The first-order valence-corrected chi connectivity index (χ1v) is 8.27. The number of rotatable bonds is 3. The molecule has 6 heteroatoms. The third-order valence-corrected chi connectivity index (χ3v) is 5.30. The van der Waals surface area contributed by atoms with E-state index in [-0.39, 0.29) is 12.5 Å². The van der Waals surface area contributed by atoms with Gasteiger partial charge in [0, 0.05) is 31.3 Å².